The number of anilines is 2. The quantitative estimate of drug-likeness (QED) is 0.698. The van der Waals surface area contributed by atoms with E-state index < -0.39 is 0 Å². The Labute approximate surface area is 110 Å². The molecule has 102 valence electrons. The van der Waals surface area contributed by atoms with Gasteiger partial charge in [-0.1, -0.05) is 5.21 Å². The van der Waals surface area contributed by atoms with E-state index in [-0.39, 0.29) is 5.95 Å². The van der Waals surface area contributed by atoms with Crippen molar-refractivity contribution in [2.45, 2.75) is 13.1 Å². The van der Waals surface area contributed by atoms with Gasteiger partial charge in [0.2, 0.25) is 11.9 Å². The third-order valence-electron chi connectivity index (χ3n) is 2.33. The van der Waals surface area contributed by atoms with Crippen LogP contribution in [0.25, 0.3) is 0 Å². The summed E-state index contributed by atoms with van der Waals surface area (Å²) in [7, 11) is 5.55. The van der Waals surface area contributed by atoms with E-state index in [4.69, 9.17) is 5.73 Å². The summed E-state index contributed by atoms with van der Waals surface area (Å²) in [5, 5.41) is 11.0. The first-order valence-electron chi connectivity index (χ1n) is 5.80. The first-order chi connectivity index (χ1) is 9.08. The monoisotopic (exact) mass is 263 g/mol. The summed E-state index contributed by atoms with van der Waals surface area (Å²) < 4.78 is 1.67. The zero-order valence-electron chi connectivity index (χ0n) is 11.2. The van der Waals surface area contributed by atoms with Gasteiger partial charge in [0.1, 0.15) is 6.54 Å². The molecule has 0 spiro atoms. The van der Waals surface area contributed by atoms with Gasteiger partial charge in [-0.2, -0.15) is 15.0 Å². The van der Waals surface area contributed by atoms with E-state index in [2.05, 4.69) is 30.6 Å². The van der Waals surface area contributed by atoms with Crippen LogP contribution in [0.4, 0.5) is 11.9 Å². The summed E-state index contributed by atoms with van der Waals surface area (Å²) in [6.45, 7) is 1.08. The highest BCUT2D eigenvalue weighted by Gasteiger charge is 2.08. The van der Waals surface area contributed by atoms with Crippen LogP contribution in [0, 0.1) is 0 Å². The Bertz CT molecular complexity index is 548. The lowest BCUT2D eigenvalue weighted by Crippen LogP contribution is -2.17. The molecular formula is C10H17N9. The summed E-state index contributed by atoms with van der Waals surface area (Å²) in [5.41, 5.74) is 6.52. The summed E-state index contributed by atoms with van der Waals surface area (Å²) in [5.74, 6) is 1.28. The topological polar surface area (TPSA) is 111 Å². The molecule has 9 heteroatoms. The van der Waals surface area contributed by atoms with Crippen LogP contribution in [0.3, 0.4) is 0 Å². The van der Waals surface area contributed by atoms with Gasteiger partial charge in [0, 0.05) is 20.6 Å². The highest BCUT2D eigenvalue weighted by Crippen LogP contribution is 2.06. The fourth-order valence-corrected chi connectivity index (χ4v) is 1.52. The lowest BCUT2D eigenvalue weighted by molar-refractivity contribution is 0.622. The lowest BCUT2D eigenvalue weighted by atomic mass is 10.5. The van der Waals surface area contributed by atoms with Gasteiger partial charge in [0.15, 0.2) is 5.82 Å². The van der Waals surface area contributed by atoms with Gasteiger partial charge in [0.05, 0.1) is 11.9 Å². The van der Waals surface area contributed by atoms with Crippen molar-refractivity contribution in [2.24, 2.45) is 0 Å². The maximum atomic E-state index is 5.66. The minimum atomic E-state index is 0.198. The molecule has 0 atom stereocenters. The zero-order chi connectivity index (χ0) is 13.8. The van der Waals surface area contributed by atoms with E-state index in [9.17, 15) is 0 Å². The smallest absolute Gasteiger partial charge is 0.229 e. The molecule has 2 aromatic heterocycles. The van der Waals surface area contributed by atoms with Gasteiger partial charge in [0.25, 0.3) is 0 Å². The highest BCUT2D eigenvalue weighted by atomic mass is 15.4. The second kappa shape index (κ2) is 5.57. The summed E-state index contributed by atoms with van der Waals surface area (Å²) >= 11 is 0. The van der Waals surface area contributed by atoms with E-state index in [0.717, 1.165) is 5.69 Å². The van der Waals surface area contributed by atoms with E-state index in [1.54, 1.807) is 9.58 Å². The SMILES string of the molecule is CNCc1cn(Cc2nc(N)nc(N(C)C)n2)nn1. The number of hydrogen-bond acceptors (Lipinski definition) is 8. The predicted octanol–water partition coefficient (Wildman–Crippen LogP) is -1.12. The second-order valence-corrected chi connectivity index (χ2v) is 4.24. The Hall–Kier alpha value is -2.29. The molecule has 0 fully saturated rings. The van der Waals surface area contributed by atoms with Crippen molar-refractivity contribution >= 4 is 11.9 Å². The molecule has 9 nitrogen and oxygen atoms in total. The minimum Gasteiger partial charge on any atom is -0.368 e. The molecule has 0 bridgehead atoms. The first-order valence-corrected chi connectivity index (χ1v) is 5.80. The third kappa shape index (κ3) is 3.35. The molecule has 0 saturated carbocycles. The molecule has 0 unspecified atom stereocenters. The number of nitrogens with one attached hydrogen (secondary N) is 1. The zero-order valence-corrected chi connectivity index (χ0v) is 11.2. The number of nitrogen functional groups attached to an aromatic ring is 1. The molecule has 0 amide bonds. The van der Waals surface area contributed by atoms with Crippen molar-refractivity contribution in [3.05, 3.63) is 17.7 Å². The molecule has 2 heterocycles. The Morgan fingerprint density at radius 1 is 1.32 bits per heavy atom. The van der Waals surface area contributed by atoms with Crippen molar-refractivity contribution in [3.8, 4) is 0 Å². The summed E-state index contributed by atoms with van der Waals surface area (Å²) in [6.07, 6.45) is 1.84. The first kappa shape index (κ1) is 13.1. The van der Waals surface area contributed by atoms with Crippen molar-refractivity contribution in [3.63, 3.8) is 0 Å². The molecule has 0 aliphatic heterocycles. The van der Waals surface area contributed by atoms with E-state index >= 15 is 0 Å². The van der Waals surface area contributed by atoms with Crippen LogP contribution in [-0.4, -0.2) is 51.1 Å². The number of hydrogen-bond donors (Lipinski definition) is 2. The molecule has 19 heavy (non-hydrogen) atoms. The Morgan fingerprint density at radius 3 is 2.79 bits per heavy atom. The van der Waals surface area contributed by atoms with Gasteiger partial charge in [-0.15, -0.1) is 5.10 Å². The molecule has 0 radical (unpaired) electrons. The largest absolute Gasteiger partial charge is 0.368 e. The average Bonchev–Trinajstić information content (AvgIpc) is 2.76. The molecule has 2 aromatic rings. The number of nitrogens with two attached hydrogens (primary N) is 1. The molecule has 2 rings (SSSR count). The molecule has 0 saturated heterocycles. The van der Waals surface area contributed by atoms with Gasteiger partial charge < -0.3 is 16.0 Å². The fourth-order valence-electron chi connectivity index (χ4n) is 1.52. The molecule has 3 N–H and O–H groups in total. The maximum Gasteiger partial charge on any atom is 0.229 e. The van der Waals surface area contributed by atoms with Crippen LogP contribution in [0.15, 0.2) is 6.20 Å². The summed E-state index contributed by atoms with van der Waals surface area (Å²) in [4.78, 5) is 14.2. The average molecular weight is 263 g/mol. The van der Waals surface area contributed by atoms with Crippen LogP contribution in [0.1, 0.15) is 11.5 Å². The summed E-state index contributed by atoms with van der Waals surface area (Å²) in [6, 6.07) is 0. The fraction of sp³-hybridized carbons (Fsp3) is 0.500. The minimum absolute atomic E-state index is 0.198. The molecule has 0 aliphatic carbocycles. The van der Waals surface area contributed by atoms with Gasteiger partial charge in [-0.3, -0.25) is 0 Å². The Morgan fingerprint density at radius 2 is 2.11 bits per heavy atom. The van der Waals surface area contributed by atoms with Crippen LogP contribution in [-0.2, 0) is 13.1 Å². The van der Waals surface area contributed by atoms with Crippen LogP contribution < -0.4 is 16.0 Å². The molecular weight excluding hydrogens is 246 g/mol. The number of aromatic nitrogens is 6. The number of nitrogens with zero attached hydrogens (tertiary/aromatic N) is 7. The van der Waals surface area contributed by atoms with Crippen LogP contribution >= 0.6 is 0 Å². The normalized spacial score (nSPS) is 10.7. The van der Waals surface area contributed by atoms with Crippen molar-refractivity contribution in [1.29, 1.82) is 0 Å². The molecule has 0 aliphatic rings. The van der Waals surface area contributed by atoms with Gasteiger partial charge >= 0.3 is 0 Å². The second-order valence-electron chi connectivity index (χ2n) is 4.24. The van der Waals surface area contributed by atoms with E-state index in [1.807, 2.05) is 27.3 Å². The van der Waals surface area contributed by atoms with Crippen LogP contribution in [0.2, 0.25) is 0 Å². The third-order valence-corrected chi connectivity index (χ3v) is 2.33. The van der Waals surface area contributed by atoms with Crippen molar-refractivity contribution in [1.82, 2.24) is 35.3 Å². The Balaban J connectivity index is 2.17. The van der Waals surface area contributed by atoms with Gasteiger partial charge in [-0.25, -0.2) is 4.68 Å². The van der Waals surface area contributed by atoms with Crippen molar-refractivity contribution in [2.75, 3.05) is 31.8 Å². The van der Waals surface area contributed by atoms with Gasteiger partial charge in [-0.05, 0) is 7.05 Å². The lowest BCUT2D eigenvalue weighted by Gasteiger charge is -2.11. The van der Waals surface area contributed by atoms with E-state index in [0.29, 0.717) is 24.9 Å². The molecule has 0 aromatic carbocycles. The predicted molar refractivity (Wildman–Crippen MR) is 70.5 cm³/mol. The van der Waals surface area contributed by atoms with Crippen LogP contribution in [0.5, 0.6) is 0 Å². The van der Waals surface area contributed by atoms with Crippen molar-refractivity contribution < 1.29 is 0 Å². The van der Waals surface area contributed by atoms with E-state index in [1.165, 1.54) is 0 Å². The number of rotatable bonds is 5. The maximum absolute atomic E-state index is 5.66. The highest BCUT2D eigenvalue weighted by molar-refractivity contribution is 5.32. The standard InChI is InChI=1S/C10H17N9/c1-12-4-7-5-19(17-16-7)6-8-13-9(11)15-10(14-8)18(2)3/h5,12H,4,6H2,1-3H3,(H2,11,13,14,15). The Kier molecular flexibility index (Phi) is 3.85.